The van der Waals surface area contributed by atoms with Crippen LogP contribution in [0.1, 0.15) is 24.8 Å². The molecule has 0 saturated carbocycles. The first-order chi connectivity index (χ1) is 12.1. The second-order valence-electron chi connectivity index (χ2n) is 6.55. The van der Waals surface area contributed by atoms with Crippen LogP contribution in [0.25, 0.3) is 10.9 Å². The first kappa shape index (κ1) is 16.0. The Morgan fingerprint density at radius 2 is 2.16 bits per heavy atom. The standard InChI is InChI=1S/C18H20FN5O/c1-23-8-6-20-18(23)16(25)12-3-2-7-24(10-12)17-14-9-13(19)4-5-15(14)21-11-22-17/h4-6,8-9,11-12,16,25H,2-3,7,10H2,1H3. The topological polar surface area (TPSA) is 67.1 Å². The van der Waals surface area contributed by atoms with E-state index in [1.54, 1.807) is 12.3 Å². The molecule has 7 heteroatoms. The second-order valence-corrected chi connectivity index (χ2v) is 6.55. The highest BCUT2D eigenvalue weighted by atomic mass is 19.1. The van der Waals surface area contributed by atoms with Crippen molar-refractivity contribution in [2.24, 2.45) is 13.0 Å². The van der Waals surface area contributed by atoms with Crippen LogP contribution in [0.5, 0.6) is 0 Å². The van der Waals surface area contributed by atoms with Crippen LogP contribution in [0.15, 0.2) is 36.9 Å². The molecule has 0 amide bonds. The molecule has 130 valence electrons. The number of benzene rings is 1. The molecule has 3 heterocycles. The number of nitrogens with zero attached hydrogens (tertiary/aromatic N) is 5. The first-order valence-corrected chi connectivity index (χ1v) is 8.44. The molecule has 0 aliphatic carbocycles. The Balaban J connectivity index is 1.64. The van der Waals surface area contributed by atoms with Crippen LogP contribution in [0.2, 0.25) is 0 Å². The number of aryl methyl sites for hydroxylation is 1. The Hall–Kier alpha value is -2.54. The van der Waals surface area contributed by atoms with Gasteiger partial charge >= 0.3 is 0 Å². The maximum absolute atomic E-state index is 13.7. The lowest BCUT2D eigenvalue weighted by molar-refractivity contribution is 0.0874. The van der Waals surface area contributed by atoms with Gasteiger partial charge in [-0.1, -0.05) is 0 Å². The Labute approximate surface area is 145 Å². The van der Waals surface area contributed by atoms with Crippen molar-refractivity contribution in [3.63, 3.8) is 0 Å². The van der Waals surface area contributed by atoms with E-state index in [0.717, 1.165) is 30.7 Å². The van der Waals surface area contributed by atoms with E-state index in [1.165, 1.54) is 18.5 Å². The summed E-state index contributed by atoms with van der Waals surface area (Å²) in [5.41, 5.74) is 0.721. The zero-order valence-corrected chi connectivity index (χ0v) is 14.0. The minimum absolute atomic E-state index is 0.0495. The lowest BCUT2D eigenvalue weighted by atomic mass is 9.91. The fourth-order valence-corrected chi connectivity index (χ4v) is 3.60. The molecule has 4 rings (SSSR count). The first-order valence-electron chi connectivity index (χ1n) is 8.44. The number of halogens is 1. The van der Waals surface area contributed by atoms with Gasteiger partial charge in [0.25, 0.3) is 0 Å². The van der Waals surface area contributed by atoms with Crippen molar-refractivity contribution in [3.8, 4) is 0 Å². The van der Waals surface area contributed by atoms with Gasteiger partial charge in [0, 0.05) is 43.8 Å². The molecule has 3 aromatic rings. The highest BCUT2D eigenvalue weighted by Crippen LogP contribution is 2.32. The fraction of sp³-hybridized carbons (Fsp3) is 0.389. The summed E-state index contributed by atoms with van der Waals surface area (Å²) in [5.74, 6) is 1.14. The van der Waals surface area contributed by atoms with Crippen LogP contribution < -0.4 is 4.90 Å². The molecule has 1 aliphatic heterocycles. The molecule has 2 unspecified atom stereocenters. The molecule has 2 atom stereocenters. The van der Waals surface area contributed by atoms with Crippen molar-refractivity contribution in [1.82, 2.24) is 19.5 Å². The molecular weight excluding hydrogens is 321 g/mol. The van der Waals surface area contributed by atoms with Crippen LogP contribution in [-0.2, 0) is 7.05 Å². The molecule has 0 spiro atoms. The lowest BCUT2D eigenvalue weighted by Gasteiger charge is -2.36. The SMILES string of the molecule is Cn1ccnc1C(O)C1CCCN(c2ncnc3ccc(F)cc23)C1. The summed E-state index contributed by atoms with van der Waals surface area (Å²) in [6, 6.07) is 4.55. The fourth-order valence-electron chi connectivity index (χ4n) is 3.60. The van der Waals surface area contributed by atoms with E-state index in [2.05, 4.69) is 19.9 Å². The number of hydrogen-bond donors (Lipinski definition) is 1. The van der Waals surface area contributed by atoms with Crippen LogP contribution in [0, 0.1) is 11.7 Å². The zero-order chi connectivity index (χ0) is 17.4. The Morgan fingerprint density at radius 1 is 1.28 bits per heavy atom. The van der Waals surface area contributed by atoms with Crippen molar-refractivity contribution >= 4 is 16.7 Å². The van der Waals surface area contributed by atoms with Gasteiger partial charge in [-0.3, -0.25) is 0 Å². The van der Waals surface area contributed by atoms with Crippen LogP contribution in [0.3, 0.4) is 0 Å². The van der Waals surface area contributed by atoms with Gasteiger partial charge in [-0.2, -0.15) is 0 Å². The Bertz CT molecular complexity index is 896. The average Bonchev–Trinajstić information content (AvgIpc) is 3.06. The number of piperidine rings is 1. The predicted octanol–water partition coefficient (Wildman–Crippen LogP) is 2.45. The average molecular weight is 341 g/mol. The molecule has 25 heavy (non-hydrogen) atoms. The summed E-state index contributed by atoms with van der Waals surface area (Å²) in [5, 5.41) is 11.4. The lowest BCUT2D eigenvalue weighted by Crippen LogP contribution is -2.39. The van der Waals surface area contributed by atoms with E-state index < -0.39 is 6.10 Å². The Morgan fingerprint density at radius 3 is 2.96 bits per heavy atom. The van der Waals surface area contributed by atoms with Gasteiger partial charge < -0.3 is 14.6 Å². The van der Waals surface area contributed by atoms with Gasteiger partial charge in [-0.25, -0.2) is 19.3 Å². The normalized spacial score (nSPS) is 19.3. The van der Waals surface area contributed by atoms with Crippen LogP contribution in [0.4, 0.5) is 10.2 Å². The minimum atomic E-state index is -0.632. The summed E-state index contributed by atoms with van der Waals surface area (Å²) in [6.07, 6.45) is 6.26. The monoisotopic (exact) mass is 341 g/mol. The van der Waals surface area contributed by atoms with E-state index in [4.69, 9.17) is 0 Å². The molecule has 1 aliphatic rings. The number of rotatable bonds is 3. The number of fused-ring (bicyclic) bond motifs is 1. The van der Waals surface area contributed by atoms with Crippen LogP contribution in [-0.4, -0.2) is 37.7 Å². The van der Waals surface area contributed by atoms with Crippen molar-refractivity contribution in [1.29, 1.82) is 0 Å². The van der Waals surface area contributed by atoms with Crippen molar-refractivity contribution in [2.45, 2.75) is 18.9 Å². The highest BCUT2D eigenvalue weighted by Gasteiger charge is 2.30. The second kappa shape index (κ2) is 6.40. The van der Waals surface area contributed by atoms with Crippen molar-refractivity contribution in [3.05, 3.63) is 48.6 Å². The van der Waals surface area contributed by atoms with Crippen molar-refractivity contribution in [2.75, 3.05) is 18.0 Å². The molecule has 1 N–H and O–H groups in total. The molecule has 2 aromatic heterocycles. The summed E-state index contributed by atoms with van der Waals surface area (Å²) < 4.78 is 15.5. The molecule has 0 radical (unpaired) electrons. The predicted molar refractivity (Wildman–Crippen MR) is 92.6 cm³/mol. The largest absolute Gasteiger partial charge is 0.385 e. The van der Waals surface area contributed by atoms with Gasteiger partial charge in [-0.15, -0.1) is 0 Å². The van der Waals surface area contributed by atoms with Gasteiger partial charge in [0.15, 0.2) is 0 Å². The quantitative estimate of drug-likeness (QED) is 0.793. The molecule has 0 bridgehead atoms. The Kier molecular flexibility index (Phi) is 4.09. The third kappa shape index (κ3) is 2.95. The van der Waals surface area contributed by atoms with E-state index in [9.17, 15) is 9.50 Å². The number of imidazole rings is 1. The van der Waals surface area contributed by atoms with E-state index in [1.807, 2.05) is 17.8 Å². The van der Waals surface area contributed by atoms with Gasteiger partial charge in [0.05, 0.1) is 5.52 Å². The van der Waals surface area contributed by atoms with Gasteiger partial charge in [0.2, 0.25) is 0 Å². The molecular formula is C18H20FN5O. The van der Waals surface area contributed by atoms with Gasteiger partial charge in [-0.05, 0) is 31.0 Å². The van der Waals surface area contributed by atoms with E-state index in [-0.39, 0.29) is 11.7 Å². The maximum atomic E-state index is 13.7. The summed E-state index contributed by atoms with van der Waals surface area (Å²) in [6.45, 7) is 1.48. The number of anilines is 1. The van der Waals surface area contributed by atoms with Crippen molar-refractivity contribution < 1.29 is 9.50 Å². The highest BCUT2D eigenvalue weighted by molar-refractivity contribution is 5.89. The number of hydrogen-bond acceptors (Lipinski definition) is 5. The third-order valence-electron chi connectivity index (χ3n) is 4.90. The molecule has 6 nitrogen and oxygen atoms in total. The molecule has 1 fully saturated rings. The zero-order valence-electron chi connectivity index (χ0n) is 14.0. The number of aromatic nitrogens is 4. The summed E-state index contributed by atoms with van der Waals surface area (Å²) in [7, 11) is 1.88. The number of aliphatic hydroxyl groups is 1. The molecule has 1 aromatic carbocycles. The summed E-state index contributed by atoms with van der Waals surface area (Å²) in [4.78, 5) is 15.0. The molecule has 1 saturated heterocycles. The van der Waals surface area contributed by atoms with E-state index in [0.29, 0.717) is 17.8 Å². The number of aliphatic hydroxyl groups excluding tert-OH is 1. The third-order valence-corrected chi connectivity index (χ3v) is 4.90. The van der Waals surface area contributed by atoms with Crippen LogP contribution >= 0.6 is 0 Å². The maximum Gasteiger partial charge on any atom is 0.139 e. The smallest absolute Gasteiger partial charge is 0.139 e. The minimum Gasteiger partial charge on any atom is -0.385 e. The van der Waals surface area contributed by atoms with E-state index >= 15 is 0 Å². The van der Waals surface area contributed by atoms with Gasteiger partial charge in [0.1, 0.15) is 29.9 Å². The summed E-state index contributed by atoms with van der Waals surface area (Å²) >= 11 is 0.